The van der Waals surface area contributed by atoms with Crippen LogP contribution in [0.5, 0.6) is 0 Å². The predicted octanol–water partition coefficient (Wildman–Crippen LogP) is 1.20. The van der Waals surface area contributed by atoms with E-state index < -0.39 is 9.84 Å². The Balaban J connectivity index is 3.04. The molecule has 1 aromatic rings. The number of hydrogen-bond acceptors (Lipinski definition) is 5. The lowest BCUT2D eigenvalue weighted by atomic mass is 10.3. The van der Waals surface area contributed by atoms with Crippen LogP contribution in [-0.2, 0) is 15.6 Å². The standard InChI is InChI=1S/C8H11NO3S2/c1-5-8(6(2)10)13-7(9-5)4-14(3,11)12/h4H2,1-3H3. The van der Waals surface area contributed by atoms with E-state index in [-0.39, 0.29) is 11.5 Å². The lowest BCUT2D eigenvalue weighted by Crippen LogP contribution is -1.99. The zero-order chi connectivity index (χ0) is 10.9. The molecule has 14 heavy (non-hydrogen) atoms. The first-order valence-corrected chi connectivity index (χ1v) is 6.82. The molecule has 0 radical (unpaired) electrons. The Kier molecular flexibility index (Phi) is 3.06. The van der Waals surface area contributed by atoms with Gasteiger partial charge in [0, 0.05) is 13.2 Å². The van der Waals surface area contributed by atoms with Crippen LogP contribution >= 0.6 is 11.3 Å². The summed E-state index contributed by atoms with van der Waals surface area (Å²) in [6.07, 6.45) is 1.15. The number of nitrogens with zero attached hydrogens (tertiary/aromatic N) is 1. The fourth-order valence-electron chi connectivity index (χ4n) is 1.06. The summed E-state index contributed by atoms with van der Waals surface area (Å²) in [5.74, 6) is -0.161. The Morgan fingerprint density at radius 2 is 2.07 bits per heavy atom. The summed E-state index contributed by atoms with van der Waals surface area (Å²) in [4.78, 5) is 15.6. The second-order valence-corrected chi connectivity index (χ2v) is 6.37. The maximum atomic E-state index is 11.1. The van der Waals surface area contributed by atoms with Crippen LogP contribution in [0.25, 0.3) is 0 Å². The summed E-state index contributed by atoms with van der Waals surface area (Å²) in [7, 11) is -3.07. The number of ketones is 1. The zero-order valence-corrected chi connectivity index (χ0v) is 9.83. The number of carbonyl (C=O) groups is 1. The van der Waals surface area contributed by atoms with Gasteiger partial charge in [-0.25, -0.2) is 13.4 Å². The van der Waals surface area contributed by atoms with Gasteiger partial charge in [0.2, 0.25) is 0 Å². The molecule has 0 aliphatic heterocycles. The molecule has 0 N–H and O–H groups in total. The normalized spacial score (nSPS) is 11.6. The highest BCUT2D eigenvalue weighted by atomic mass is 32.2. The third-order valence-electron chi connectivity index (χ3n) is 1.55. The topological polar surface area (TPSA) is 64.1 Å². The molecule has 78 valence electrons. The maximum Gasteiger partial charge on any atom is 0.171 e. The van der Waals surface area contributed by atoms with Crippen LogP contribution in [0.2, 0.25) is 0 Å². The minimum Gasteiger partial charge on any atom is -0.294 e. The van der Waals surface area contributed by atoms with Gasteiger partial charge in [-0.2, -0.15) is 0 Å². The van der Waals surface area contributed by atoms with Crippen LogP contribution in [-0.4, -0.2) is 25.4 Å². The molecule has 1 aromatic heterocycles. The van der Waals surface area contributed by atoms with Gasteiger partial charge in [0.25, 0.3) is 0 Å². The molecule has 0 aliphatic rings. The molecule has 6 heteroatoms. The summed E-state index contributed by atoms with van der Waals surface area (Å²) in [6, 6.07) is 0. The highest BCUT2D eigenvalue weighted by Crippen LogP contribution is 2.20. The molecular formula is C8H11NO3S2. The summed E-state index contributed by atoms with van der Waals surface area (Å²) in [6.45, 7) is 3.16. The van der Waals surface area contributed by atoms with E-state index in [1.54, 1.807) is 6.92 Å². The predicted molar refractivity (Wildman–Crippen MR) is 55.4 cm³/mol. The SMILES string of the molecule is CC(=O)c1sc(CS(C)(=O)=O)nc1C. The van der Waals surface area contributed by atoms with Crippen molar-refractivity contribution in [3.63, 3.8) is 0 Å². The second kappa shape index (κ2) is 3.78. The Hall–Kier alpha value is -0.750. The first-order valence-electron chi connectivity index (χ1n) is 3.94. The van der Waals surface area contributed by atoms with Crippen LogP contribution in [0.1, 0.15) is 27.3 Å². The molecule has 0 unspecified atom stereocenters. The molecular weight excluding hydrogens is 222 g/mol. The van der Waals surface area contributed by atoms with E-state index in [2.05, 4.69) is 4.98 Å². The average Bonchev–Trinajstić information content (AvgIpc) is 2.26. The smallest absolute Gasteiger partial charge is 0.171 e. The molecule has 0 fully saturated rings. The van der Waals surface area contributed by atoms with E-state index in [9.17, 15) is 13.2 Å². The minimum atomic E-state index is -3.07. The van der Waals surface area contributed by atoms with Crippen molar-refractivity contribution in [1.29, 1.82) is 0 Å². The summed E-state index contributed by atoms with van der Waals surface area (Å²) >= 11 is 1.15. The molecule has 0 saturated heterocycles. The fourth-order valence-corrected chi connectivity index (χ4v) is 3.21. The highest BCUT2D eigenvalue weighted by Gasteiger charge is 2.14. The van der Waals surface area contributed by atoms with Crippen LogP contribution in [0.4, 0.5) is 0 Å². The van der Waals surface area contributed by atoms with Gasteiger partial charge in [-0.05, 0) is 6.92 Å². The van der Waals surface area contributed by atoms with Gasteiger partial charge in [-0.15, -0.1) is 11.3 Å². The molecule has 1 rings (SSSR count). The fraction of sp³-hybridized carbons (Fsp3) is 0.500. The van der Waals surface area contributed by atoms with Crippen LogP contribution in [0, 0.1) is 6.92 Å². The Bertz CT molecular complexity index is 459. The van der Waals surface area contributed by atoms with E-state index in [1.165, 1.54) is 6.92 Å². The Labute approximate surface area is 86.9 Å². The van der Waals surface area contributed by atoms with Crippen molar-refractivity contribution in [2.75, 3.05) is 6.26 Å². The number of thiazole rings is 1. The first-order chi connectivity index (χ1) is 6.29. The molecule has 0 aliphatic carbocycles. The Morgan fingerprint density at radius 1 is 1.50 bits per heavy atom. The molecule has 0 atom stereocenters. The molecule has 0 amide bonds. The number of aromatic nitrogens is 1. The van der Waals surface area contributed by atoms with Gasteiger partial charge in [0.15, 0.2) is 15.6 Å². The van der Waals surface area contributed by atoms with E-state index in [0.717, 1.165) is 17.6 Å². The quantitative estimate of drug-likeness (QED) is 0.736. The maximum absolute atomic E-state index is 11.1. The van der Waals surface area contributed by atoms with E-state index in [0.29, 0.717) is 15.6 Å². The first kappa shape index (κ1) is 11.3. The summed E-state index contributed by atoms with van der Waals surface area (Å²) in [5, 5.41) is 0.482. The van der Waals surface area contributed by atoms with Crippen molar-refractivity contribution in [2.45, 2.75) is 19.6 Å². The van der Waals surface area contributed by atoms with Gasteiger partial charge in [-0.1, -0.05) is 0 Å². The van der Waals surface area contributed by atoms with Gasteiger partial charge in [-0.3, -0.25) is 4.79 Å². The third kappa shape index (κ3) is 2.88. The van der Waals surface area contributed by atoms with Crippen molar-refractivity contribution in [3.05, 3.63) is 15.6 Å². The number of sulfone groups is 1. The van der Waals surface area contributed by atoms with Crippen LogP contribution < -0.4 is 0 Å². The Morgan fingerprint density at radius 3 is 2.43 bits per heavy atom. The number of hydrogen-bond donors (Lipinski definition) is 0. The van der Waals surface area contributed by atoms with Gasteiger partial charge in [0.05, 0.1) is 10.6 Å². The highest BCUT2D eigenvalue weighted by molar-refractivity contribution is 7.90. The molecule has 0 bridgehead atoms. The van der Waals surface area contributed by atoms with Crippen molar-refractivity contribution in [1.82, 2.24) is 4.98 Å². The van der Waals surface area contributed by atoms with Crippen molar-refractivity contribution < 1.29 is 13.2 Å². The van der Waals surface area contributed by atoms with Gasteiger partial charge in [0.1, 0.15) is 10.8 Å². The minimum absolute atomic E-state index is 0.0697. The van der Waals surface area contributed by atoms with Crippen LogP contribution in [0.15, 0.2) is 0 Å². The lowest BCUT2D eigenvalue weighted by Gasteiger charge is -1.90. The lowest BCUT2D eigenvalue weighted by molar-refractivity contribution is 0.102. The molecule has 0 saturated carbocycles. The number of carbonyl (C=O) groups excluding carboxylic acids is 1. The van der Waals surface area contributed by atoms with Crippen LogP contribution in [0.3, 0.4) is 0 Å². The number of Topliss-reactive ketones (excluding diaryl/α,β-unsaturated/α-hetero) is 1. The summed E-state index contributed by atoms with van der Waals surface area (Å²) in [5.41, 5.74) is 0.612. The second-order valence-electron chi connectivity index (χ2n) is 3.15. The summed E-state index contributed by atoms with van der Waals surface area (Å²) < 4.78 is 21.9. The monoisotopic (exact) mass is 233 g/mol. The average molecular weight is 233 g/mol. The van der Waals surface area contributed by atoms with E-state index in [4.69, 9.17) is 0 Å². The molecule has 4 nitrogen and oxygen atoms in total. The van der Waals surface area contributed by atoms with Crippen molar-refractivity contribution in [3.8, 4) is 0 Å². The zero-order valence-electron chi connectivity index (χ0n) is 8.20. The van der Waals surface area contributed by atoms with Crippen molar-refractivity contribution in [2.24, 2.45) is 0 Å². The number of aryl methyl sites for hydroxylation is 1. The third-order valence-corrected chi connectivity index (χ3v) is 3.79. The van der Waals surface area contributed by atoms with E-state index >= 15 is 0 Å². The molecule has 0 aromatic carbocycles. The van der Waals surface area contributed by atoms with Gasteiger partial charge < -0.3 is 0 Å². The molecule has 0 spiro atoms. The molecule has 1 heterocycles. The van der Waals surface area contributed by atoms with Crippen molar-refractivity contribution >= 4 is 27.0 Å². The number of rotatable bonds is 3. The largest absolute Gasteiger partial charge is 0.294 e. The van der Waals surface area contributed by atoms with E-state index in [1.807, 2.05) is 0 Å². The van der Waals surface area contributed by atoms with Gasteiger partial charge >= 0.3 is 0 Å².